The summed E-state index contributed by atoms with van der Waals surface area (Å²) in [5.41, 5.74) is 9.10. The van der Waals surface area contributed by atoms with E-state index in [0.29, 0.717) is 12.2 Å². The van der Waals surface area contributed by atoms with E-state index in [1.54, 1.807) is 17.1 Å². The Morgan fingerprint density at radius 3 is 2.53 bits per heavy atom. The Kier molecular flexibility index (Phi) is 2.37. The molecule has 2 aromatic heterocycles. The zero-order valence-corrected chi connectivity index (χ0v) is 8.81. The van der Waals surface area contributed by atoms with Crippen LogP contribution in [0.25, 0.3) is 0 Å². The molecule has 2 aromatic rings. The molecule has 0 fully saturated rings. The Hall–Kier alpha value is -1.91. The molecule has 5 heteroatoms. The lowest BCUT2D eigenvalue weighted by molar-refractivity contribution is 0.659. The van der Waals surface area contributed by atoms with E-state index in [2.05, 4.69) is 15.1 Å². The predicted octanol–water partition coefficient (Wildman–Crippen LogP) is 0.920. The lowest BCUT2D eigenvalue weighted by Crippen LogP contribution is -2.05. The number of nitrogens with two attached hydrogens (primary N) is 1. The molecule has 0 aromatic carbocycles. The topological polar surface area (TPSA) is 69.6 Å². The summed E-state index contributed by atoms with van der Waals surface area (Å²) in [7, 11) is 0. The Morgan fingerprint density at radius 2 is 1.93 bits per heavy atom. The summed E-state index contributed by atoms with van der Waals surface area (Å²) in [6.07, 6.45) is 5.17. The highest BCUT2D eigenvalue weighted by molar-refractivity contribution is 5.39. The van der Waals surface area contributed by atoms with Crippen molar-refractivity contribution in [1.29, 1.82) is 0 Å². The highest BCUT2D eigenvalue weighted by Gasteiger charge is 2.04. The van der Waals surface area contributed by atoms with Gasteiger partial charge in [-0.15, -0.1) is 0 Å². The van der Waals surface area contributed by atoms with E-state index in [1.165, 1.54) is 0 Å². The summed E-state index contributed by atoms with van der Waals surface area (Å²) in [6, 6.07) is 0. The maximum Gasteiger partial charge on any atom is 0.0850 e. The quantitative estimate of drug-likeness (QED) is 0.788. The van der Waals surface area contributed by atoms with Crippen molar-refractivity contribution in [3.8, 4) is 0 Å². The number of hydrogen-bond acceptors (Lipinski definition) is 4. The highest BCUT2D eigenvalue weighted by Crippen LogP contribution is 2.09. The van der Waals surface area contributed by atoms with E-state index in [4.69, 9.17) is 5.73 Å². The van der Waals surface area contributed by atoms with Crippen molar-refractivity contribution in [1.82, 2.24) is 19.7 Å². The first kappa shape index (κ1) is 9.64. The molecule has 0 aliphatic heterocycles. The zero-order valence-electron chi connectivity index (χ0n) is 8.81. The van der Waals surface area contributed by atoms with Crippen LogP contribution in [0, 0.1) is 13.8 Å². The third-order valence-corrected chi connectivity index (χ3v) is 2.28. The molecule has 0 aliphatic rings. The van der Waals surface area contributed by atoms with Gasteiger partial charge in [-0.1, -0.05) is 0 Å². The van der Waals surface area contributed by atoms with E-state index in [9.17, 15) is 0 Å². The van der Waals surface area contributed by atoms with Crippen LogP contribution in [0.1, 0.15) is 17.1 Å². The predicted molar refractivity (Wildman–Crippen MR) is 57.2 cm³/mol. The van der Waals surface area contributed by atoms with Gasteiger partial charge in [-0.3, -0.25) is 14.6 Å². The number of rotatable bonds is 2. The standard InChI is InChI=1S/C10H13N5/c1-7-9(11)5-15(14-7)6-10-8(2)12-3-4-13-10/h3-5H,6,11H2,1-2H3. The summed E-state index contributed by atoms with van der Waals surface area (Å²) in [5, 5.41) is 4.27. The van der Waals surface area contributed by atoms with Crippen molar-refractivity contribution in [3.05, 3.63) is 35.7 Å². The fraction of sp³-hybridized carbons (Fsp3) is 0.300. The fourth-order valence-corrected chi connectivity index (χ4v) is 1.36. The Morgan fingerprint density at radius 1 is 1.20 bits per heavy atom. The van der Waals surface area contributed by atoms with Gasteiger partial charge in [-0.05, 0) is 13.8 Å². The van der Waals surface area contributed by atoms with Crippen LogP contribution in [0.15, 0.2) is 18.6 Å². The average molecular weight is 203 g/mol. The molecule has 0 bridgehead atoms. The molecular formula is C10H13N5. The molecule has 0 saturated carbocycles. The Labute approximate surface area is 88.0 Å². The van der Waals surface area contributed by atoms with Crippen molar-refractivity contribution < 1.29 is 0 Å². The molecule has 0 radical (unpaired) electrons. The largest absolute Gasteiger partial charge is 0.396 e. The van der Waals surface area contributed by atoms with Crippen LogP contribution in [-0.2, 0) is 6.54 Å². The average Bonchev–Trinajstić information content (AvgIpc) is 2.50. The van der Waals surface area contributed by atoms with Gasteiger partial charge in [-0.25, -0.2) is 0 Å². The van der Waals surface area contributed by atoms with Crippen molar-refractivity contribution in [2.75, 3.05) is 5.73 Å². The number of aryl methyl sites for hydroxylation is 2. The van der Waals surface area contributed by atoms with Crippen molar-refractivity contribution in [2.24, 2.45) is 0 Å². The van der Waals surface area contributed by atoms with Gasteiger partial charge in [0.25, 0.3) is 0 Å². The van der Waals surface area contributed by atoms with E-state index in [-0.39, 0.29) is 0 Å². The molecule has 0 atom stereocenters. The van der Waals surface area contributed by atoms with Crippen LogP contribution in [0.5, 0.6) is 0 Å². The lowest BCUT2D eigenvalue weighted by Gasteiger charge is -2.02. The molecule has 15 heavy (non-hydrogen) atoms. The van der Waals surface area contributed by atoms with Crippen molar-refractivity contribution >= 4 is 5.69 Å². The number of nitrogen functional groups attached to an aromatic ring is 1. The smallest absolute Gasteiger partial charge is 0.0850 e. The summed E-state index contributed by atoms with van der Waals surface area (Å²) in [4.78, 5) is 8.42. The van der Waals surface area contributed by atoms with E-state index in [1.807, 2.05) is 20.0 Å². The first-order valence-corrected chi connectivity index (χ1v) is 4.73. The monoisotopic (exact) mass is 203 g/mol. The second kappa shape index (κ2) is 3.68. The van der Waals surface area contributed by atoms with Crippen LogP contribution >= 0.6 is 0 Å². The molecule has 0 unspecified atom stereocenters. The molecule has 2 rings (SSSR count). The highest BCUT2D eigenvalue weighted by atomic mass is 15.3. The van der Waals surface area contributed by atoms with Crippen LogP contribution in [0.4, 0.5) is 5.69 Å². The van der Waals surface area contributed by atoms with Gasteiger partial charge in [0.05, 0.1) is 29.3 Å². The SMILES string of the molecule is Cc1nn(Cc2nccnc2C)cc1N. The molecule has 0 saturated heterocycles. The first-order chi connectivity index (χ1) is 7.16. The summed E-state index contributed by atoms with van der Waals surface area (Å²) < 4.78 is 1.78. The second-order valence-electron chi connectivity index (χ2n) is 3.46. The van der Waals surface area contributed by atoms with Gasteiger partial charge in [-0.2, -0.15) is 5.10 Å². The van der Waals surface area contributed by atoms with E-state index >= 15 is 0 Å². The van der Waals surface area contributed by atoms with Crippen LogP contribution in [0.2, 0.25) is 0 Å². The Bertz CT molecular complexity index is 455. The first-order valence-electron chi connectivity index (χ1n) is 4.73. The molecule has 0 amide bonds. The molecule has 0 spiro atoms. The summed E-state index contributed by atoms with van der Waals surface area (Å²) in [6.45, 7) is 4.43. The minimum Gasteiger partial charge on any atom is -0.396 e. The van der Waals surface area contributed by atoms with Gasteiger partial charge in [0.1, 0.15) is 0 Å². The second-order valence-corrected chi connectivity index (χ2v) is 3.46. The maximum absolute atomic E-state index is 5.71. The van der Waals surface area contributed by atoms with Gasteiger partial charge >= 0.3 is 0 Å². The van der Waals surface area contributed by atoms with Crippen LogP contribution in [0.3, 0.4) is 0 Å². The number of anilines is 1. The lowest BCUT2D eigenvalue weighted by atomic mass is 10.3. The minimum absolute atomic E-state index is 0.609. The van der Waals surface area contributed by atoms with Crippen molar-refractivity contribution in [3.63, 3.8) is 0 Å². The molecule has 2 heterocycles. The molecule has 5 nitrogen and oxygen atoms in total. The van der Waals surface area contributed by atoms with Gasteiger partial charge in [0.15, 0.2) is 0 Å². The van der Waals surface area contributed by atoms with Crippen molar-refractivity contribution in [2.45, 2.75) is 20.4 Å². The van der Waals surface area contributed by atoms with Gasteiger partial charge < -0.3 is 5.73 Å². The Balaban J connectivity index is 2.26. The molecule has 2 N–H and O–H groups in total. The zero-order chi connectivity index (χ0) is 10.8. The van der Waals surface area contributed by atoms with Gasteiger partial charge in [0, 0.05) is 18.6 Å². The number of nitrogens with zero attached hydrogens (tertiary/aromatic N) is 4. The molecular weight excluding hydrogens is 190 g/mol. The molecule has 0 aliphatic carbocycles. The maximum atomic E-state index is 5.71. The minimum atomic E-state index is 0.609. The normalized spacial score (nSPS) is 10.5. The number of aromatic nitrogens is 4. The summed E-state index contributed by atoms with van der Waals surface area (Å²) in [5.74, 6) is 0. The third-order valence-electron chi connectivity index (χ3n) is 2.28. The van der Waals surface area contributed by atoms with Crippen LogP contribution < -0.4 is 5.73 Å². The van der Waals surface area contributed by atoms with E-state index < -0.39 is 0 Å². The van der Waals surface area contributed by atoms with E-state index in [0.717, 1.165) is 17.1 Å². The fourth-order valence-electron chi connectivity index (χ4n) is 1.36. The third kappa shape index (κ3) is 1.96. The summed E-state index contributed by atoms with van der Waals surface area (Å²) >= 11 is 0. The van der Waals surface area contributed by atoms with Crippen LogP contribution in [-0.4, -0.2) is 19.7 Å². The molecule has 78 valence electrons. The van der Waals surface area contributed by atoms with Gasteiger partial charge in [0.2, 0.25) is 0 Å². The number of hydrogen-bond donors (Lipinski definition) is 1.